The number of hydrogen-bond donors (Lipinski definition) is 3. The molecule has 0 unspecified atom stereocenters. The highest BCUT2D eigenvalue weighted by Crippen LogP contribution is 2.38. The quantitative estimate of drug-likeness (QED) is 0.351. The molecule has 0 aliphatic carbocycles. The molecular formula is C27H33N3O6S. The first kappa shape index (κ1) is 28.1. The summed E-state index contributed by atoms with van der Waals surface area (Å²) < 4.78 is 5.90. The number of carboxylic acid groups (broad SMARTS) is 2. The predicted octanol–water partition coefficient (Wildman–Crippen LogP) is 3.34. The molecule has 1 atom stereocenters. The number of aliphatic carboxylic acids is 2. The first-order valence-corrected chi connectivity index (χ1v) is 13.3. The van der Waals surface area contributed by atoms with Crippen molar-refractivity contribution in [2.75, 3.05) is 44.4 Å². The first-order chi connectivity index (χ1) is 17.8. The van der Waals surface area contributed by atoms with E-state index in [0.29, 0.717) is 42.7 Å². The van der Waals surface area contributed by atoms with Crippen LogP contribution in [0.3, 0.4) is 0 Å². The lowest BCUT2D eigenvalue weighted by molar-refractivity contribution is -0.134. The van der Waals surface area contributed by atoms with E-state index in [1.165, 1.54) is 12.0 Å². The third-order valence-electron chi connectivity index (χ3n) is 6.20. The molecule has 4 rings (SSSR count). The van der Waals surface area contributed by atoms with Gasteiger partial charge < -0.3 is 25.2 Å². The number of hydrogen-bond acceptors (Lipinski definition) is 7. The summed E-state index contributed by atoms with van der Waals surface area (Å²) in [7, 11) is 2.05. The fourth-order valence-electron chi connectivity index (χ4n) is 4.32. The zero-order chi connectivity index (χ0) is 26.8. The second-order valence-electron chi connectivity index (χ2n) is 8.77. The summed E-state index contributed by atoms with van der Waals surface area (Å²) in [5.74, 6) is -1.85. The van der Waals surface area contributed by atoms with Crippen LogP contribution in [0.4, 0.5) is 5.69 Å². The fourth-order valence-corrected chi connectivity index (χ4v) is 4.78. The van der Waals surface area contributed by atoms with Crippen molar-refractivity contribution in [3.05, 3.63) is 65.7 Å². The Kier molecular flexibility index (Phi) is 10.4. The van der Waals surface area contributed by atoms with Gasteiger partial charge in [-0.3, -0.25) is 9.69 Å². The van der Waals surface area contributed by atoms with Crippen molar-refractivity contribution in [2.24, 2.45) is 0 Å². The minimum atomic E-state index is -1.26. The van der Waals surface area contributed by atoms with Crippen LogP contribution in [0.5, 0.6) is 5.75 Å². The number of carboxylic acids is 2. The Morgan fingerprint density at radius 3 is 2.46 bits per heavy atom. The van der Waals surface area contributed by atoms with Gasteiger partial charge >= 0.3 is 11.9 Å². The van der Waals surface area contributed by atoms with Gasteiger partial charge in [0.25, 0.3) is 5.91 Å². The lowest BCUT2D eigenvalue weighted by Crippen LogP contribution is -2.40. The van der Waals surface area contributed by atoms with E-state index in [2.05, 4.69) is 45.4 Å². The van der Waals surface area contributed by atoms with E-state index >= 15 is 0 Å². The predicted molar refractivity (Wildman–Crippen MR) is 144 cm³/mol. The van der Waals surface area contributed by atoms with Crippen LogP contribution in [-0.2, 0) is 16.1 Å². The average Bonchev–Trinajstić information content (AvgIpc) is 3.33. The van der Waals surface area contributed by atoms with Crippen LogP contribution in [0.25, 0.3) is 0 Å². The van der Waals surface area contributed by atoms with E-state index in [0.717, 1.165) is 36.6 Å². The molecule has 1 fully saturated rings. The molecule has 2 heterocycles. The first-order valence-electron chi connectivity index (χ1n) is 12.0. The molecule has 9 nitrogen and oxygen atoms in total. The Balaban J connectivity index is 0.000000414. The van der Waals surface area contributed by atoms with Gasteiger partial charge in [-0.05, 0) is 43.3 Å². The molecule has 2 aromatic rings. The van der Waals surface area contributed by atoms with Crippen LogP contribution in [0.1, 0.15) is 28.8 Å². The summed E-state index contributed by atoms with van der Waals surface area (Å²) in [6.45, 7) is 4.13. The standard InChI is InChI=1S/C23H29N3O2S.C4H4O4/c1-25-11-12-28-22-20(13-19(29-2)14-21(22)25)23(27)24-15-18-9-6-10-26(18)16-17-7-4-3-5-8-17;5-3(6)1-2-4(7)8/h3-5,7-8,13-14,18H,6,9-12,15-16H2,1-2H3,(H,24,27);1-2H,(H,5,6)(H,7,8)/t18-;/m1./s1. The molecule has 1 saturated heterocycles. The number of carbonyl (C=O) groups is 3. The van der Waals surface area contributed by atoms with Crippen molar-refractivity contribution >= 4 is 35.3 Å². The zero-order valence-corrected chi connectivity index (χ0v) is 21.9. The van der Waals surface area contributed by atoms with E-state index < -0.39 is 11.9 Å². The van der Waals surface area contributed by atoms with Gasteiger partial charge in [0.15, 0.2) is 5.75 Å². The smallest absolute Gasteiger partial charge is 0.328 e. The summed E-state index contributed by atoms with van der Waals surface area (Å²) in [6, 6.07) is 15.0. The van der Waals surface area contributed by atoms with E-state index in [4.69, 9.17) is 14.9 Å². The Hall–Kier alpha value is -3.50. The van der Waals surface area contributed by atoms with Crippen molar-refractivity contribution in [3.63, 3.8) is 0 Å². The molecule has 0 bridgehead atoms. The number of rotatable bonds is 8. The van der Waals surface area contributed by atoms with Gasteiger partial charge in [0.2, 0.25) is 0 Å². The van der Waals surface area contributed by atoms with Crippen molar-refractivity contribution in [1.82, 2.24) is 10.2 Å². The normalized spacial score (nSPS) is 16.9. The number of benzene rings is 2. The molecule has 0 spiro atoms. The van der Waals surface area contributed by atoms with Crippen molar-refractivity contribution in [2.45, 2.75) is 30.3 Å². The summed E-state index contributed by atoms with van der Waals surface area (Å²) >= 11 is 1.65. The summed E-state index contributed by atoms with van der Waals surface area (Å²) in [5.41, 5.74) is 2.97. The number of likely N-dealkylation sites (N-methyl/N-ethyl adjacent to an activating group) is 1. The van der Waals surface area contributed by atoms with E-state index in [1.807, 2.05) is 25.4 Å². The number of fused-ring (bicyclic) bond motifs is 1. The van der Waals surface area contributed by atoms with Crippen LogP contribution < -0.4 is 15.0 Å². The van der Waals surface area contributed by atoms with Gasteiger partial charge in [-0.1, -0.05) is 30.3 Å². The SMILES string of the molecule is CSc1cc(C(=O)NC[C@H]2CCCN2Cc2ccccc2)c2c(c1)N(C)CCO2.O=C(O)C=CC(=O)O. The Morgan fingerprint density at radius 1 is 1.11 bits per heavy atom. The van der Waals surface area contributed by atoms with E-state index in [1.54, 1.807) is 11.8 Å². The minimum Gasteiger partial charge on any atom is -0.489 e. The number of anilines is 1. The monoisotopic (exact) mass is 527 g/mol. The Labute approximate surface area is 221 Å². The highest BCUT2D eigenvalue weighted by atomic mass is 32.2. The van der Waals surface area contributed by atoms with Crippen LogP contribution in [0.2, 0.25) is 0 Å². The molecular weight excluding hydrogens is 494 g/mol. The maximum Gasteiger partial charge on any atom is 0.328 e. The molecule has 10 heteroatoms. The van der Waals surface area contributed by atoms with Gasteiger partial charge in [-0.25, -0.2) is 9.59 Å². The number of carbonyl (C=O) groups excluding carboxylic acids is 1. The molecule has 0 radical (unpaired) electrons. The van der Waals surface area contributed by atoms with Gasteiger partial charge in [0, 0.05) is 43.2 Å². The maximum absolute atomic E-state index is 13.1. The summed E-state index contributed by atoms with van der Waals surface area (Å²) in [5, 5.41) is 18.8. The number of thioether (sulfide) groups is 1. The second-order valence-corrected chi connectivity index (χ2v) is 9.64. The lowest BCUT2D eigenvalue weighted by atomic mass is 10.1. The fraction of sp³-hybridized carbons (Fsp3) is 0.370. The zero-order valence-electron chi connectivity index (χ0n) is 21.1. The topological polar surface area (TPSA) is 119 Å². The maximum atomic E-state index is 13.1. The van der Waals surface area contributed by atoms with Crippen molar-refractivity contribution < 1.29 is 29.3 Å². The second kappa shape index (κ2) is 13.7. The highest BCUT2D eigenvalue weighted by Gasteiger charge is 2.27. The molecule has 2 aliphatic rings. The van der Waals surface area contributed by atoms with Crippen molar-refractivity contribution in [3.8, 4) is 5.75 Å². The van der Waals surface area contributed by atoms with Gasteiger partial charge in [0.1, 0.15) is 6.61 Å². The van der Waals surface area contributed by atoms with Crippen molar-refractivity contribution in [1.29, 1.82) is 0 Å². The van der Waals surface area contributed by atoms with Gasteiger partial charge in [-0.15, -0.1) is 11.8 Å². The third-order valence-corrected chi connectivity index (χ3v) is 6.91. The molecule has 2 aromatic carbocycles. The van der Waals surface area contributed by atoms with E-state index in [9.17, 15) is 14.4 Å². The van der Waals surface area contributed by atoms with Crippen LogP contribution in [0, 0.1) is 0 Å². The number of likely N-dealkylation sites (tertiary alicyclic amines) is 1. The number of ether oxygens (including phenoxy) is 1. The molecule has 37 heavy (non-hydrogen) atoms. The molecule has 0 aromatic heterocycles. The number of nitrogens with zero attached hydrogens (tertiary/aromatic N) is 2. The largest absolute Gasteiger partial charge is 0.489 e. The summed E-state index contributed by atoms with van der Waals surface area (Å²) in [4.78, 5) is 37.9. The number of nitrogens with one attached hydrogen (secondary N) is 1. The molecule has 198 valence electrons. The third kappa shape index (κ3) is 8.26. The number of amides is 1. The van der Waals surface area contributed by atoms with Gasteiger partial charge in [0.05, 0.1) is 17.8 Å². The van der Waals surface area contributed by atoms with Gasteiger partial charge in [-0.2, -0.15) is 0 Å². The minimum absolute atomic E-state index is 0.0426. The van der Waals surface area contributed by atoms with Crippen LogP contribution >= 0.6 is 11.8 Å². The van der Waals surface area contributed by atoms with Crippen LogP contribution in [-0.4, -0.2) is 78.5 Å². The average molecular weight is 528 g/mol. The Bertz CT molecular complexity index is 1110. The Morgan fingerprint density at radius 2 is 1.81 bits per heavy atom. The summed E-state index contributed by atoms with van der Waals surface area (Å²) in [6.07, 6.45) is 5.45. The van der Waals surface area contributed by atoms with E-state index in [-0.39, 0.29) is 5.91 Å². The molecule has 3 N–H and O–H groups in total. The lowest BCUT2D eigenvalue weighted by Gasteiger charge is -2.30. The molecule has 2 aliphatic heterocycles. The van der Waals surface area contributed by atoms with Crippen LogP contribution in [0.15, 0.2) is 59.5 Å². The highest BCUT2D eigenvalue weighted by molar-refractivity contribution is 7.98. The molecule has 1 amide bonds. The molecule has 0 saturated carbocycles.